The van der Waals surface area contributed by atoms with E-state index in [0.717, 1.165) is 29.7 Å². The van der Waals surface area contributed by atoms with Crippen LogP contribution in [0.5, 0.6) is 11.5 Å². The van der Waals surface area contributed by atoms with Crippen LogP contribution in [0.1, 0.15) is 46.8 Å². The fourth-order valence-electron chi connectivity index (χ4n) is 2.87. The Morgan fingerprint density at radius 1 is 1.36 bits per heavy atom. The monoisotopic (exact) mass is 297 g/mol. The second-order valence-corrected chi connectivity index (χ2v) is 5.86. The lowest BCUT2D eigenvalue weighted by atomic mass is 10.0. The molecular formula is C17H19N3O2. The number of hydrogen-bond acceptors (Lipinski definition) is 4. The fourth-order valence-corrected chi connectivity index (χ4v) is 2.87. The highest BCUT2D eigenvalue weighted by Crippen LogP contribution is 2.46. The smallest absolute Gasteiger partial charge is 0.174 e. The third-order valence-corrected chi connectivity index (χ3v) is 4.07. The van der Waals surface area contributed by atoms with Gasteiger partial charge in [-0.05, 0) is 49.9 Å². The summed E-state index contributed by atoms with van der Waals surface area (Å²) in [7, 11) is 1.88. The molecule has 1 fully saturated rings. The van der Waals surface area contributed by atoms with Crippen molar-refractivity contribution in [1.82, 2.24) is 9.78 Å². The van der Waals surface area contributed by atoms with Crippen LogP contribution < -0.4 is 4.74 Å². The van der Waals surface area contributed by atoms with Crippen LogP contribution in [0.4, 0.5) is 0 Å². The van der Waals surface area contributed by atoms with Crippen molar-refractivity contribution in [2.24, 2.45) is 7.05 Å². The molecule has 5 nitrogen and oxygen atoms in total. The quantitative estimate of drug-likeness (QED) is 0.941. The molecule has 1 N–H and O–H groups in total. The van der Waals surface area contributed by atoms with Gasteiger partial charge in [0.15, 0.2) is 5.75 Å². The molecule has 0 unspecified atom stereocenters. The van der Waals surface area contributed by atoms with Gasteiger partial charge in [-0.15, -0.1) is 0 Å². The third kappa shape index (κ3) is 2.46. The van der Waals surface area contributed by atoms with Crippen molar-refractivity contribution in [1.29, 1.82) is 5.26 Å². The molecule has 0 aliphatic heterocycles. The van der Waals surface area contributed by atoms with Crippen LogP contribution in [0.15, 0.2) is 12.1 Å². The van der Waals surface area contributed by atoms with Gasteiger partial charge in [-0.2, -0.15) is 10.4 Å². The highest BCUT2D eigenvalue weighted by molar-refractivity contribution is 5.50. The van der Waals surface area contributed by atoms with Crippen molar-refractivity contribution in [3.8, 4) is 17.6 Å². The summed E-state index contributed by atoms with van der Waals surface area (Å²) in [5, 5.41) is 23.0. The number of rotatable bonds is 4. The van der Waals surface area contributed by atoms with E-state index in [1.807, 2.05) is 37.7 Å². The Hall–Kier alpha value is -2.32. The van der Waals surface area contributed by atoms with E-state index >= 15 is 0 Å². The summed E-state index contributed by atoms with van der Waals surface area (Å²) in [5.41, 5.74) is 4.07. The molecule has 1 saturated carbocycles. The zero-order chi connectivity index (χ0) is 15.9. The lowest BCUT2D eigenvalue weighted by Gasteiger charge is -2.11. The van der Waals surface area contributed by atoms with Crippen LogP contribution in [-0.4, -0.2) is 14.9 Å². The average molecular weight is 297 g/mol. The van der Waals surface area contributed by atoms with E-state index < -0.39 is 0 Å². The molecule has 1 aromatic heterocycles. The lowest BCUT2D eigenvalue weighted by Crippen LogP contribution is -1.98. The Bertz CT molecular complexity index is 744. The molecule has 3 rings (SSSR count). The molecular weight excluding hydrogens is 278 g/mol. The van der Waals surface area contributed by atoms with Crippen molar-refractivity contribution in [3.05, 3.63) is 40.2 Å². The van der Waals surface area contributed by atoms with Gasteiger partial charge in [-0.25, -0.2) is 0 Å². The summed E-state index contributed by atoms with van der Waals surface area (Å²) in [6, 6.07) is 5.92. The van der Waals surface area contributed by atoms with Gasteiger partial charge in [0.2, 0.25) is 0 Å². The van der Waals surface area contributed by atoms with Gasteiger partial charge in [-0.1, -0.05) is 0 Å². The summed E-state index contributed by atoms with van der Waals surface area (Å²) in [6.45, 7) is 3.65. The number of aliphatic hydroxyl groups excluding tert-OH is 1. The Labute approximate surface area is 129 Å². The van der Waals surface area contributed by atoms with E-state index in [1.54, 1.807) is 0 Å². The predicted octanol–water partition coefficient (Wildman–Crippen LogP) is 3.07. The van der Waals surface area contributed by atoms with Crippen LogP contribution in [0, 0.1) is 25.2 Å². The number of aliphatic hydroxyl groups is 1. The summed E-state index contributed by atoms with van der Waals surface area (Å²) in [4.78, 5) is 0. The molecule has 0 radical (unpaired) electrons. The number of benzene rings is 1. The summed E-state index contributed by atoms with van der Waals surface area (Å²) in [5.74, 6) is 1.81. The maximum Gasteiger partial charge on any atom is 0.174 e. The van der Waals surface area contributed by atoms with Crippen LogP contribution >= 0.6 is 0 Å². The maximum absolute atomic E-state index is 9.53. The van der Waals surface area contributed by atoms with Gasteiger partial charge < -0.3 is 9.84 Å². The molecule has 1 aliphatic rings. The minimum absolute atomic E-state index is 0.149. The first-order valence-corrected chi connectivity index (χ1v) is 7.41. The number of aryl methyl sites for hydroxylation is 3. The van der Waals surface area contributed by atoms with E-state index in [1.165, 1.54) is 0 Å². The second-order valence-electron chi connectivity index (χ2n) is 5.86. The van der Waals surface area contributed by atoms with Crippen molar-refractivity contribution >= 4 is 0 Å². The average Bonchev–Trinajstić information content (AvgIpc) is 3.24. The molecule has 0 spiro atoms. The summed E-state index contributed by atoms with van der Waals surface area (Å²) >= 11 is 0. The van der Waals surface area contributed by atoms with Crippen LogP contribution in [0.2, 0.25) is 0 Å². The van der Waals surface area contributed by atoms with E-state index in [9.17, 15) is 5.11 Å². The molecule has 1 aromatic carbocycles. The van der Waals surface area contributed by atoms with Gasteiger partial charge in [0.05, 0.1) is 23.9 Å². The van der Waals surface area contributed by atoms with Crippen LogP contribution in [0.3, 0.4) is 0 Å². The van der Waals surface area contributed by atoms with E-state index in [4.69, 9.17) is 10.00 Å². The number of ether oxygens (including phenoxy) is 1. The molecule has 22 heavy (non-hydrogen) atoms. The van der Waals surface area contributed by atoms with Crippen molar-refractivity contribution in [2.45, 2.75) is 39.2 Å². The van der Waals surface area contributed by atoms with E-state index in [2.05, 4.69) is 11.2 Å². The number of aromatic nitrogens is 2. The second kappa shape index (κ2) is 5.47. The molecule has 114 valence electrons. The van der Waals surface area contributed by atoms with Crippen molar-refractivity contribution in [3.63, 3.8) is 0 Å². The standard InChI is InChI=1S/C17H19N3O2/c1-10-6-13(7-11(2)14(10)8-18)22-17-15(9-21)19-20(3)16(17)12-4-5-12/h6-7,12,21H,4-5,9H2,1-3H3. The van der Waals surface area contributed by atoms with Gasteiger partial charge in [-0.3, -0.25) is 4.68 Å². The van der Waals surface area contributed by atoms with Crippen molar-refractivity contribution in [2.75, 3.05) is 0 Å². The largest absolute Gasteiger partial charge is 0.453 e. The minimum Gasteiger partial charge on any atom is -0.453 e. The molecule has 1 heterocycles. The third-order valence-electron chi connectivity index (χ3n) is 4.07. The Kier molecular flexibility index (Phi) is 3.63. The maximum atomic E-state index is 9.53. The van der Waals surface area contributed by atoms with E-state index in [0.29, 0.717) is 28.7 Å². The Morgan fingerprint density at radius 3 is 2.50 bits per heavy atom. The molecule has 1 aliphatic carbocycles. The van der Waals surface area contributed by atoms with Gasteiger partial charge in [0, 0.05) is 13.0 Å². The molecule has 0 amide bonds. The van der Waals surface area contributed by atoms with Crippen LogP contribution in [0.25, 0.3) is 0 Å². The van der Waals surface area contributed by atoms with Gasteiger partial charge >= 0.3 is 0 Å². The molecule has 0 saturated heterocycles. The number of nitriles is 1. The zero-order valence-electron chi connectivity index (χ0n) is 13.1. The molecule has 0 atom stereocenters. The SMILES string of the molecule is Cc1cc(Oc2c(CO)nn(C)c2C2CC2)cc(C)c1C#N. The fraction of sp³-hybridized carbons (Fsp3) is 0.412. The van der Waals surface area contributed by atoms with Gasteiger partial charge in [0.1, 0.15) is 11.4 Å². The predicted molar refractivity (Wildman–Crippen MR) is 81.8 cm³/mol. The highest BCUT2D eigenvalue weighted by Gasteiger charge is 2.32. The van der Waals surface area contributed by atoms with Crippen LogP contribution in [-0.2, 0) is 13.7 Å². The first kappa shape index (κ1) is 14.6. The lowest BCUT2D eigenvalue weighted by molar-refractivity contribution is 0.270. The van der Waals surface area contributed by atoms with Gasteiger partial charge in [0.25, 0.3) is 0 Å². The number of nitrogens with zero attached hydrogens (tertiary/aromatic N) is 3. The normalized spacial score (nSPS) is 14.0. The highest BCUT2D eigenvalue weighted by atomic mass is 16.5. The first-order chi connectivity index (χ1) is 10.5. The van der Waals surface area contributed by atoms with E-state index in [-0.39, 0.29) is 6.61 Å². The summed E-state index contributed by atoms with van der Waals surface area (Å²) in [6.07, 6.45) is 2.26. The topological polar surface area (TPSA) is 71.1 Å². The summed E-state index contributed by atoms with van der Waals surface area (Å²) < 4.78 is 7.87. The first-order valence-electron chi connectivity index (χ1n) is 7.41. The molecule has 5 heteroatoms. The van der Waals surface area contributed by atoms with Crippen molar-refractivity contribution < 1.29 is 9.84 Å². The molecule has 0 bridgehead atoms. The number of hydrogen-bond donors (Lipinski definition) is 1. The Balaban J connectivity index is 2.02. The molecule has 2 aromatic rings. The minimum atomic E-state index is -0.149. The Morgan fingerprint density at radius 2 is 2.00 bits per heavy atom. The zero-order valence-corrected chi connectivity index (χ0v) is 13.1.